The maximum atomic E-state index is 13.4. The summed E-state index contributed by atoms with van der Waals surface area (Å²) in [6.07, 6.45) is 2.08. The largest absolute Gasteiger partial charge is 0.443 e. The molecule has 0 spiro atoms. The minimum atomic E-state index is -0.641. The van der Waals surface area contributed by atoms with Gasteiger partial charge in [-0.2, -0.15) is 0 Å². The van der Waals surface area contributed by atoms with Gasteiger partial charge in [0, 0.05) is 11.9 Å². The molecule has 2 aromatic heterocycles. The monoisotopic (exact) mass is 397 g/mol. The van der Waals surface area contributed by atoms with E-state index in [0.29, 0.717) is 6.42 Å². The fraction of sp³-hybridized carbons (Fsp3) is 0.391. The Morgan fingerprint density at radius 2 is 1.86 bits per heavy atom. The molecule has 154 valence electrons. The van der Waals surface area contributed by atoms with Crippen molar-refractivity contribution in [1.82, 2.24) is 9.97 Å². The van der Waals surface area contributed by atoms with E-state index in [-0.39, 0.29) is 12.4 Å². The fourth-order valence-electron chi connectivity index (χ4n) is 3.29. The number of halogens is 1. The SMILES string of the molecule is CCc1cnc2c(C)c(C)[nH]c2c1N(Cc1ccc(F)cc1)C(=O)OC(C)(C)C. The molecule has 1 N–H and O–H groups in total. The van der Waals surface area contributed by atoms with Gasteiger partial charge >= 0.3 is 6.09 Å². The standard InChI is InChI=1S/C23H28FN3O2/c1-7-17-12-25-19-14(2)15(3)26-20(19)21(17)27(22(28)29-23(4,5)6)13-16-8-10-18(24)11-9-16/h8-12,26H,7,13H2,1-6H3. The number of nitrogens with zero attached hydrogens (tertiary/aromatic N) is 2. The maximum Gasteiger partial charge on any atom is 0.415 e. The Morgan fingerprint density at radius 1 is 1.21 bits per heavy atom. The third kappa shape index (κ3) is 4.42. The number of aromatic nitrogens is 2. The highest BCUT2D eigenvalue weighted by atomic mass is 19.1. The molecule has 3 rings (SSSR count). The van der Waals surface area contributed by atoms with E-state index < -0.39 is 11.7 Å². The number of hydrogen-bond donors (Lipinski definition) is 1. The van der Waals surface area contributed by atoms with Crippen LogP contribution < -0.4 is 4.90 Å². The second kappa shape index (κ2) is 7.85. The molecule has 0 aliphatic heterocycles. The predicted octanol–water partition coefficient (Wildman–Crippen LogP) is 5.82. The summed E-state index contributed by atoms with van der Waals surface area (Å²) in [6.45, 7) is 11.8. The summed E-state index contributed by atoms with van der Waals surface area (Å²) in [5, 5.41) is 0. The normalized spacial score (nSPS) is 11.7. The first kappa shape index (κ1) is 20.8. The Morgan fingerprint density at radius 3 is 2.45 bits per heavy atom. The predicted molar refractivity (Wildman–Crippen MR) is 114 cm³/mol. The lowest BCUT2D eigenvalue weighted by Crippen LogP contribution is -2.37. The molecule has 0 saturated heterocycles. The molecule has 6 heteroatoms. The van der Waals surface area contributed by atoms with Crippen molar-refractivity contribution in [3.05, 3.63) is 58.7 Å². The second-order valence-corrected chi connectivity index (χ2v) is 8.28. The first-order chi connectivity index (χ1) is 13.6. The Labute approximate surface area is 170 Å². The molecule has 3 aromatic rings. The third-order valence-electron chi connectivity index (χ3n) is 4.88. The van der Waals surface area contributed by atoms with Gasteiger partial charge in [0.15, 0.2) is 0 Å². The zero-order valence-electron chi connectivity index (χ0n) is 17.9. The van der Waals surface area contributed by atoms with Crippen molar-refractivity contribution < 1.29 is 13.9 Å². The van der Waals surface area contributed by atoms with Crippen molar-refractivity contribution in [2.24, 2.45) is 0 Å². The van der Waals surface area contributed by atoms with Crippen LogP contribution in [0.1, 0.15) is 50.1 Å². The molecule has 1 aromatic carbocycles. The van der Waals surface area contributed by atoms with E-state index >= 15 is 0 Å². The van der Waals surface area contributed by atoms with E-state index in [9.17, 15) is 9.18 Å². The van der Waals surface area contributed by atoms with Crippen molar-refractivity contribution in [1.29, 1.82) is 0 Å². The van der Waals surface area contributed by atoms with Gasteiger partial charge in [0.1, 0.15) is 11.4 Å². The van der Waals surface area contributed by atoms with Crippen molar-refractivity contribution in [2.45, 2.75) is 60.1 Å². The molecule has 1 amide bonds. The molecule has 0 atom stereocenters. The number of aromatic amines is 1. The molecular formula is C23H28FN3O2. The second-order valence-electron chi connectivity index (χ2n) is 8.28. The van der Waals surface area contributed by atoms with Crippen LogP contribution in [0, 0.1) is 19.7 Å². The average molecular weight is 397 g/mol. The van der Waals surface area contributed by atoms with Crippen LogP contribution in [0.25, 0.3) is 11.0 Å². The number of pyridine rings is 1. The van der Waals surface area contributed by atoms with Gasteiger partial charge in [-0.3, -0.25) is 9.88 Å². The Kier molecular flexibility index (Phi) is 5.64. The summed E-state index contributed by atoms with van der Waals surface area (Å²) >= 11 is 0. The number of hydrogen-bond acceptors (Lipinski definition) is 3. The Bertz CT molecular complexity index is 1030. The average Bonchev–Trinajstić information content (AvgIpc) is 2.93. The smallest absolute Gasteiger partial charge is 0.415 e. The molecule has 0 fully saturated rings. The minimum Gasteiger partial charge on any atom is -0.443 e. The Hall–Kier alpha value is -2.89. The first-order valence-electron chi connectivity index (χ1n) is 9.82. The van der Waals surface area contributed by atoms with Gasteiger partial charge in [-0.1, -0.05) is 19.1 Å². The molecule has 0 radical (unpaired) electrons. The van der Waals surface area contributed by atoms with Gasteiger partial charge in [0.05, 0.1) is 23.3 Å². The zero-order chi connectivity index (χ0) is 21.3. The van der Waals surface area contributed by atoms with Crippen molar-refractivity contribution in [3.8, 4) is 0 Å². The lowest BCUT2D eigenvalue weighted by atomic mass is 10.1. The molecule has 29 heavy (non-hydrogen) atoms. The molecule has 0 saturated carbocycles. The van der Waals surface area contributed by atoms with Crippen LogP contribution in [-0.4, -0.2) is 21.7 Å². The molecule has 5 nitrogen and oxygen atoms in total. The van der Waals surface area contributed by atoms with Crippen molar-refractivity contribution in [2.75, 3.05) is 4.90 Å². The zero-order valence-corrected chi connectivity index (χ0v) is 17.9. The van der Waals surface area contributed by atoms with Crippen molar-refractivity contribution in [3.63, 3.8) is 0 Å². The van der Waals surface area contributed by atoms with Crippen LogP contribution in [-0.2, 0) is 17.7 Å². The summed E-state index contributed by atoms with van der Waals surface area (Å²) in [4.78, 5) is 22.9. The summed E-state index contributed by atoms with van der Waals surface area (Å²) in [5.41, 5.74) is 5.57. The van der Waals surface area contributed by atoms with Gasteiger partial charge in [-0.25, -0.2) is 9.18 Å². The number of nitrogens with one attached hydrogen (secondary N) is 1. The van der Waals surface area contributed by atoms with E-state index in [1.54, 1.807) is 17.0 Å². The number of carbonyl (C=O) groups excluding carboxylic acids is 1. The van der Waals surface area contributed by atoms with E-state index in [2.05, 4.69) is 9.97 Å². The fourth-order valence-corrected chi connectivity index (χ4v) is 3.29. The van der Waals surface area contributed by atoms with Gasteiger partial charge in [0.25, 0.3) is 0 Å². The first-order valence-corrected chi connectivity index (χ1v) is 9.82. The van der Waals surface area contributed by atoms with E-state index in [1.807, 2.05) is 47.7 Å². The molecule has 0 aliphatic carbocycles. The molecule has 0 bridgehead atoms. The van der Waals surface area contributed by atoms with Gasteiger partial charge in [0.2, 0.25) is 0 Å². The molecule has 0 aliphatic rings. The lowest BCUT2D eigenvalue weighted by molar-refractivity contribution is 0.0577. The van der Waals surface area contributed by atoms with Crippen LogP contribution in [0.2, 0.25) is 0 Å². The van der Waals surface area contributed by atoms with Gasteiger partial charge in [-0.05, 0) is 69.9 Å². The summed E-state index contributed by atoms with van der Waals surface area (Å²) in [7, 11) is 0. The third-order valence-corrected chi connectivity index (χ3v) is 4.88. The van der Waals surface area contributed by atoms with Crippen LogP contribution in [0.3, 0.4) is 0 Å². The number of carbonyl (C=O) groups is 1. The molecular weight excluding hydrogens is 369 g/mol. The summed E-state index contributed by atoms with van der Waals surface area (Å²) < 4.78 is 19.1. The van der Waals surface area contributed by atoms with Gasteiger partial charge in [-0.15, -0.1) is 0 Å². The van der Waals surface area contributed by atoms with Gasteiger partial charge < -0.3 is 9.72 Å². The number of amides is 1. The number of rotatable bonds is 4. The van der Waals surface area contributed by atoms with E-state index in [1.165, 1.54) is 12.1 Å². The highest BCUT2D eigenvalue weighted by Crippen LogP contribution is 2.34. The van der Waals surface area contributed by atoms with Crippen LogP contribution >= 0.6 is 0 Å². The van der Waals surface area contributed by atoms with Crippen molar-refractivity contribution >= 4 is 22.8 Å². The topological polar surface area (TPSA) is 58.2 Å². The van der Waals surface area contributed by atoms with Crippen LogP contribution in [0.4, 0.5) is 14.9 Å². The maximum absolute atomic E-state index is 13.4. The highest BCUT2D eigenvalue weighted by molar-refractivity contribution is 6.01. The molecule has 2 heterocycles. The number of H-pyrrole nitrogens is 1. The number of fused-ring (bicyclic) bond motifs is 1. The minimum absolute atomic E-state index is 0.262. The van der Waals surface area contributed by atoms with E-state index in [0.717, 1.165) is 39.1 Å². The Balaban J connectivity index is 2.18. The van der Waals surface area contributed by atoms with E-state index in [4.69, 9.17) is 4.74 Å². The number of ether oxygens (including phenoxy) is 1. The summed E-state index contributed by atoms with van der Waals surface area (Å²) in [6, 6.07) is 6.16. The molecule has 0 unspecified atom stereocenters. The number of benzene rings is 1. The quantitative estimate of drug-likeness (QED) is 0.603. The lowest BCUT2D eigenvalue weighted by Gasteiger charge is -2.29. The van der Waals surface area contributed by atoms with Crippen LogP contribution in [0.15, 0.2) is 30.5 Å². The number of anilines is 1. The van der Waals surface area contributed by atoms with Crippen LogP contribution in [0.5, 0.6) is 0 Å². The number of aryl methyl sites for hydroxylation is 3. The highest BCUT2D eigenvalue weighted by Gasteiger charge is 2.28. The summed E-state index contributed by atoms with van der Waals surface area (Å²) in [5.74, 6) is -0.311.